The molecule has 1 aromatic rings. The third-order valence-electron chi connectivity index (χ3n) is 3.52. The van der Waals surface area contributed by atoms with Crippen LogP contribution >= 0.6 is 0 Å². The number of nitrogens with zero attached hydrogens (tertiary/aromatic N) is 1. The SMILES string of the molecule is CCCCCCCC1=Nc2ccccc2CC1. The van der Waals surface area contributed by atoms with Gasteiger partial charge in [-0.1, -0.05) is 50.8 Å². The fourth-order valence-electron chi connectivity index (χ4n) is 2.45. The fourth-order valence-corrected chi connectivity index (χ4v) is 2.45. The zero-order valence-electron chi connectivity index (χ0n) is 10.9. The second-order valence-electron chi connectivity index (χ2n) is 4.97. The van der Waals surface area contributed by atoms with Gasteiger partial charge in [-0.2, -0.15) is 0 Å². The molecule has 0 fully saturated rings. The minimum atomic E-state index is 1.17. The molecule has 92 valence electrons. The van der Waals surface area contributed by atoms with Gasteiger partial charge < -0.3 is 0 Å². The Hall–Kier alpha value is -1.11. The van der Waals surface area contributed by atoms with E-state index in [1.807, 2.05) is 0 Å². The summed E-state index contributed by atoms with van der Waals surface area (Å²) in [5, 5.41) is 0. The van der Waals surface area contributed by atoms with Crippen molar-refractivity contribution in [2.24, 2.45) is 4.99 Å². The molecule has 1 heteroatoms. The molecule has 1 aliphatic heterocycles. The van der Waals surface area contributed by atoms with Crippen LogP contribution in [0.25, 0.3) is 0 Å². The zero-order valence-corrected chi connectivity index (χ0v) is 10.9. The lowest BCUT2D eigenvalue weighted by Gasteiger charge is -2.15. The van der Waals surface area contributed by atoms with E-state index in [1.165, 1.54) is 68.3 Å². The van der Waals surface area contributed by atoms with E-state index in [1.54, 1.807) is 0 Å². The van der Waals surface area contributed by atoms with Crippen LogP contribution in [-0.4, -0.2) is 5.71 Å². The number of hydrogen-bond acceptors (Lipinski definition) is 1. The lowest BCUT2D eigenvalue weighted by Crippen LogP contribution is -2.05. The van der Waals surface area contributed by atoms with Crippen molar-refractivity contribution in [2.75, 3.05) is 0 Å². The summed E-state index contributed by atoms with van der Waals surface area (Å²) in [6.45, 7) is 2.27. The minimum Gasteiger partial charge on any atom is -0.258 e. The number of para-hydroxylation sites is 1. The van der Waals surface area contributed by atoms with E-state index >= 15 is 0 Å². The quantitative estimate of drug-likeness (QED) is 0.604. The monoisotopic (exact) mass is 229 g/mol. The first-order chi connectivity index (χ1) is 8.40. The maximum atomic E-state index is 4.78. The minimum absolute atomic E-state index is 1.17. The molecule has 0 radical (unpaired) electrons. The Balaban J connectivity index is 1.81. The van der Waals surface area contributed by atoms with Gasteiger partial charge in [0, 0.05) is 5.71 Å². The molecule has 0 amide bonds. The van der Waals surface area contributed by atoms with Crippen molar-refractivity contribution < 1.29 is 0 Å². The topological polar surface area (TPSA) is 12.4 Å². The second kappa shape index (κ2) is 6.58. The molecular weight excluding hydrogens is 206 g/mol. The number of benzene rings is 1. The number of hydrogen-bond donors (Lipinski definition) is 0. The van der Waals surface area contributed by atoms with E-state index in [4.69, 9.17) is 4.99 Å². The van der Waals surface area contributed by atoms with Crippen LogP contribution in [0.4, 0.5) is 5.69 Å². The molecule has 1 nitrogen and oxygen atoms in total. The Kier molecular flexibility index (Phi) is 4.78. The summed E-state index contributed by atoms with van der Waals surface area (Å²) < 4.78 is 0. The first-order valence-electron chi connectivity index (χ1n) is 7.04. The molecule has 0 atom stereocenters. The van der Waals surface area contributed by atoms with E-state index in [-0.39, 0.29) is 0 Å². The maximum Gasteiger partial charge on any atom is 0.0661 e. The summed E-state index contributed by atoms with van der Waals surface area (Å²) >= 11 is 0. The smallest absolute Gasteiger partial charge is 0.0661 e. The highest BCUT2D eigenvalue weighted by atomic mass is 14.8. The number of fused-ring (bicyclic) bond motifs is 1. The van der Waals surface area contributed by atoms with Crippen molar-refractivity contribution in [3.05, 3.63) is 29.8 Å². The molecule has 0 unspecified atom stereocenters. The van der Waals surface area contributed by atoms with E-state index in [2.05, 4.69) is 31.2 Å². The van der Waals surface area contributed by atoms with Crippen LogP contribution in [-0.2, 0) is 6.42 Å². The fraction of sp³-hybridized carbons (Fsp3) is 0.562. The summed E-state index contributed by atoms with van der Waals surface area (Å²) in [5.74, 6) is 0. The van der Waals surface area contributed by atoms with E-state index in [9.17, 15) is 0 Å². The van der Waals surface area contributed by atoms with Crippen LogP contribution in [0.3, 0.4) is 0 Å². The second-order valence-corrected chi connectivity index (χ2v) is 4.97. The van der Waals surface area contributed by atoms with Crippen LogP contribution in [0.5, 0.6) is 0 Å². The molecule has 17 heavy (non-hydrogen) atoms. The average molecular weight is 229 g/mol. The Morgan fingerprint density at radius 3 is 2.71 bits per heavy atom. The number of unbranched alkanes of at least 4 members (excludes halogenated alkanes) is 4. The molecule has 0 aromatic heterocycles. The molecule has 0 N–H and O–H groups in total. The summed E-state index contributed by atoms with van der Waals surface area (Å²) in [5.41, 5.74) is 4.05. The van der Waals surface area contributed by atoms with Gasteiger partial charge in [-0.25, -0.2) is 0 Å². The van der Waals surface area contributed by atoms with Gasteiger partial charge in [0.25, 0.3) is 0 Å². The lowest BCUT2D eigenvalue weighted by atomic mass is 9.98. The molecule has 0 saturated heterocycles. The van der Waals surface area contributed by atoms with Crippen LogP contribution in [0.2, 0.25) is 0 Å². The number of aryl methyl sites for hydroxylation is 1. The Bertz CT molecular complexity index is 379. The van der Waals surface area contributed by atoms with E-state index in [0.29, 0.717) is 0 Å². The highest BCUT2D eigenvalue weighted by Gasteiger charge is 2.10. The molecule has 1 aliphatic rings. The van der Waals surface area contributed by atoms with Crippen molar-refractivity contribution in [2.45, 2.75) is 58.3 Å². The van der Waals surface area contributed by atoms with Gasteiger partial charge in [-0.15, -0.1) is 0 Å². The zero-order chi connectivity index (χ0) is 11.9. The molecule has 0 bridgehead atoms. The molecule has 0 saturated carbocycles. The maximum absolute atomic E-state index is 4.78. The van der Waals surface area contributed by atoms with Crippen molar-refractivity contribution in [3.8, 4) is 0 Å². The van der Waals surface area contributed by atoms with Crippen molar-refractivity contribution in [3.63, 3.8) is 0 Å². The predicted molar refractivity (Wildman–Crippen MR) is 75.2 cm³/mol. The van der Waals surface area contributed by atoms with Gasteiger partial charge in [0.05, 0.1) is 5.69 Å². The largest absolute Gasteiger partial charge is 0.258 e. The van der Waals surface area contributed by atoms with Crippen LogP contribution in [0.15, 0.2) is 29.3 Å². The third-order valence-corrected chi connectivity index (χ3v) is 3.52. The van der Waals surface area contributed by atoms with Crippen molar-refractivity contribution in [1.29, 1.82) is 0 Å². The summed E-state index contributed by atoms with van der Waals surface area (Å²) in [6.07, 6.45) is 10.4. The first-order valence-corrected chi connectivity index (χ1v) is 7.04. The molecule has 2 rings (SSSR count). The van der Waals surface area contributed by atoms with Gasteiger partial charge in [0.15, 0.2) is 0 Å². The molecule has 1 aromatic carbocycles. The van der Waals surface area contributed by atoms with Crippen molar-refractivity contribution in [1.82, 2.24) is 0 Å². The summed E-state index contributed by atoms with van der Waals surface area (Å²) in [6, 6.07) is 8.55. The highest BCUT2D eigenvalue weighted by Crippen LogP contribution is 2.26. The normalized spacial score (nSPS) is 14.3. The predicted octanol–water partition coefficient (Wildman–Crippen LogP) is 5.07. The molecular formula is C16H23N. The van der Waals surface area contributed by atoms with Crippen LogP contribution in [0, 0.1) is 0 Å². The first kappa shape index (κ1) is 12.3. The van der Waals surface area contributed by atoms with Gasteiger partial charge >= 0.3 is 0 Å². The van der Waals surface area contributed by atoms with Gasteiger partial charge in [-0.3, -0.25) is 4.99 Å². The van der Waals surface area contributed by atoms with E-state index in [0.717, 1.165) is 0 Å². The number of rotatable bonds is 6. The average Bonchev–Trinajstić information content (AvgIpc) is 2.38. The standard InChI is InChI=1S/C16H23N/c1-2-3-4-5-6-10-15-13-12-14-9-7-8-11-16(14)17-15/h7-9,11H,2-6,10,12-13H2,1H3. The Morgan fingerprint density at radius 2 is 1.82 bits per heavy atom. The highest BCUT2D eigenvalue weighted by molar-refractivity contribution is 5.89. The number of aliphatic imine (C=N–C) groups is 1. The Labute approximate surface area is 105 Å². The van der Waals surface area contributed by atoms with Crippen LogP contribution < -0.4 is 0 Å². The summed E-state index contributed by atoms with van der Waals surface area (Å²) in [7, 11) is 0. The van der Waals surface area contributed by atoms with Gasteiger partial charge in [0.2, 0.25) is 0 Å². The van der Waals surface area contributed by atoms with Gasteiger partial charge in [-0.05, 0) is 37.3 Å². The third kappa shape index (κ3) is 3.69. The van der Waals surface area contributed by atoms with E-state index < -0.39 is 0 Å². The molecule has 0 spiro atoms. The lowest BCUT2D eigenvalue weighted by molar-refractivity contribution is 0.641. The van der Waals surface area contributed by atoms with Gasteiger partial charge in [0.1, 0.15) is 0 Å². The molecule has 1 heterocycles. The Morgan fingerprint density at radius 1 is 1.00 bits per heavy atom. The van der Waals surface area contributed by atoms with Crippen LogP contribution in [0.1, 0.15) is 57.4 Å². The molecule has 0 aliphatic carbocycles. The van der Waals surface area contributed by atoms with Crippen molar-refractivity contribution >= 4 is 11.4 Å². The summed E-state index contributed by atoms with van der Waals surface area (Å²) in [4.78, 5) is 4.78.